The van der Waals surface area contributed by atoms with Gasteiger partial charge in [0.2, 0.25) is 5.91 Å². The normalized spacial score (nSPS) is 17.1. The largest absolute Gasteiger partial charge is 0.480 e. The van der Waals surface area contributed by atoms with Crippen LogP contribution in [0.1, 0.15) is 37.2 Å². The minimum absolute atomic E-state index is 0.166. The fourth-order valence-electron chi connectivity index (χ4n) is 2.86. The third-order valence-corrected chi connectivity index (χ3v) is 3.73. The Bertz CT molecular complexity index is 438. The maximum absolute atomic E-state index is 12.3. The van der Waals surface area contributed by atoms with Crippen molar-refractivity contribution in [1.29, 1.82) is 0 Å². The summed E-state index contributed by atoms with van der Waals surface area (Å²) < 4.78 is 0. The van der Waals surface area contributed by atoms with Crippen LogP contribution in [0.5, 0.6) is 0 Å². The molecule has 1 aromatic carbocycles. The van der Waals surface area contributed by atoms with Crippen LogP contribution < -0.4 is 5.32 Å². The lowest BCUT2D eigenvalue weighted by Gasteiger charge is -2.22. The predicted octanol–water partition coefficient (Wildman–Crippen LogP) is 2.16. The van der Waals surface area contributed by atoms with E-state index >= 15 is 0 Å². The van der Waals surface area contributed by atoms with E-state index < -0.39 is 5.97 Å². The van der Waals surface area contributed by atoms with Crippen LogP contribution in [0, 0.1) is 5.92 Å². The first-order chi connectivity index (χ1) is 9.18. The number of carboxylic acid groups (broad SMARTS) is 1. The summed E-state index contributed by atoms with van der Waals surface area (Å²) in [7, 11) is 0. The predicted molar refractivity (Wildman–Crippen MR) is 71.8 cm³/mol. The number of amides is 1. The summed E-state index contributed by atoms with van der Waals surface area (Å²) >= 11 is 0. The molecule has 1 aliphatic rings. The van der Waals surface area contributed by atoms with Gasteiger partial charge in [0, 0.05) is 0 Å². The molecule has 19 heavy (non-hydrogen) atoms. The fourth-order valence-corrected chi connectivity index (χ4v) is 2.86. The fraction of sp³-hybridized carbons (Fsp3) is 0.467. The molecular weight excluding hydrogens is 242 g/mol. The maximum atomic E-state index is 12.3. The highest BCUT2D eigenvalue weighted by Gasteiger charge is 2.31. The Labute approximate surface area is 112 Å². The van der Waals surface area contributed by atoms with Gasteiger partial charge in [-0.15, -0.1) is 0 Å². The summed E-state index contributed by atoms with van der Waals surface area (Å²) in [5, 5.41) is 11.2. The molecule has 0 aliphatic heterocycles. The third-order valence-electron chi connectivity index (χ3n) is 3.73. The van der Waals surface area contributed by atoms with Crippen LogP contribution in [0.3, 0.4) is 0 Å². The summed E-state index contributed by atoms with van der Waals surface area (Å²) in [5.74, 6) is -1.06. The van der Waals surface area contributed by atoms with Gasteiger partial charge < -0.3 is 10.4 Å². The lowest BCUT2D eigenvalue weighted by atomic mass is 9.84. The number of carboxylic acids is 1. The van der Waals surface area contributed by atoms with E-state index in [-0.39, 0.29) is 18.4 Å². The molecule has 0 bridgehead atoms. The van der Waals surface area contributed by atoms with Gasteiger partial charge in [0.15, 0.2) is 0 Å². The summed E-state index contributed by atoms with van der Waals surface area (Å²) in [6.07, 6.45) is 4.39. The zero-order chi connectivity index (χ0) is 13.7. The van der Waals surface area contributed by atoms with E-state index in [9.17, 15) is 9.59 Å². The number of nitrogens with one attached hydrogen (secondary N) is 1. The molecule has 1 saturated carbocycles. The van der Waals surface area contributed by atoms with Gasteiger partial charge >= 0.3 is 5.97 Å². The number of hydrogen-bond acceptors (Lipinski definition) is 2. The average Bonchev–Trinajstić information content (AvgIpc) is 2.92. The molecule has 4 heteroatoms. The molecule has 1 unspecified atom stereocenters. The van der Waals surface area contributed by atoms with Crippen molar-refractivity contribution in [2.45, 2.75) is 31.6 Å². The standard InChI is InChI=1S/C15H19NO3/c17-13(18)10-16-15(19)14(12-8-4-5-9-12)11-6-2-1-3-7-11/h1-3,6-7,12,14H,4-5,8-10H2,(H,16,19)(H,17,18). The number of aliphatic carboxylic acids is 1. The summed E-state index contributed by atoms with van der Waals surface area (Å²) in [5.41, 5.74) is 0.984. The highest BCUT2D eigenvalue weighted by molar-refractivity contribution is 5.86. The van der Waals surface area contributed by atoms with E-state index in [1.807, 2.05) is 30.3 Å². The Hall–Kier alpha value is -1.84. The van der Waals surface area contributed by atoms with E-state index in [0.717, 1.165) is 31.2 Å². The Morgan fingerprint density at radius 1 is 1.21 bits per heavy atom. The number of carbonyl (C=O) groups excluding carboxylic acids is 1. The summed E-state index contributed by atoms with van der Waals surface area (Å²) in [6.45, 7) is -0.311. The van der Waals surface area contributed by atoms with Crippen molar-refractivity contribution in [2.24, 2.45) is 5.92 Å². The molecule has 0 aromatic heterocycles. The van der Waals surface area contributed by atoms with E-state index in [2.05, 4.69) is 5.32 Å². The molecule has 2 rings (SSSR count). The smallest absolute Gasteiger partial charge is 0.322 e. The Morgan fingerprint density at radius 2 is 1.84 bits per heavy atom. The quantitative estimate of drug-likeness (QED) is 0.853. The van der Waals surface area contributed by atoms with Gasteiger partial charge in [-0.25, -0.2) is 0 Å². The van der Waals surface area contributed by atoms with Gasteiger partial charge in [0.1, 0.15) is 6.54 Å². The van der Waals surface area contributed by atoms with Crippen molar-refractivity contribution >= 4 is 11.9 Å². The van der Waals surface area contributed by atoms with Crippen molar-refractivity contribution in [3.05, 3.63) is 35.9 Å². The van der Waals surface area contributed by atoms with Crippen molar-refractivity contribution in [2.75, 3.05) is 6.54 Å². The van der Waals surface area contributed by atoms with E-state index in [0.29, 0.717) is 5.92 Å². The number of carbonyl (C=O) groups is 2. The van der Waals surface area contributed by atoms with Crippen LogP contribution in [0.15, 0.2) is 30.3 Å². The Morgan fingerprint density at radius 3 is 2.42 bits per heavy atom. The molecule has 2 N–H and O–H groups in total. The molecule has 0 spiro atoms. The highest BCUT2D eigenvalue weighted by atomic mass is 16.4. The number of benzene rings is 1. The first-order valence-corrected chi connectivity index (χ1v) is 6.73. The molecule has 1 amide bonds. The number of rotatable bonds is 5. The maximum Gasteiger partial charge on any atom is 0.322 e. The first kappa shape index (κ1) is 13.6. The van der Waals surface area contributed by atoms with Crippen LogP contribution in [-0.4, -0.2) is 23.5 Å². The zero-order valence-corrected chi connectivity index (χ0v) is 10.8. The van der Waals surface area contributed by atoms with Gasteiger partial charge in [0.25, 0.3) is 0 Å². The average molecular weight is 261 g/mol. The van der Waals surface area contributed by atoms with Crippen LogP contribution >= 0.6 is 0 Å². The monoisotopic (exact) mass is 261 g/mol. The van der Waals surface area contributed by atoms with Crippen LogP contribution in [0.2, 0.25) is 0 Å². The molecule has 102 valence electrons. The molecule has 1 aliphatic carbocycles. The first-order valence-electron chi connectivity index (χ1n) is 6.73. The third kappa shape index (κ3) is 3.56. The lowest BCUT2D eigenvalue weighted by molar-refractivity contribution is -0.138. The van der Waals surface area contributed by atoms with Gasteiger partial charge in [-0.05, 0) is 24.3 Å². The van der Waals surface area contributed by atoms with Crippen LogP contribution in [-0.2, 0) is 9.59 Å². The number of hydrogen-bond donors (Lipinski definition) is 2. The molecule has 1 fully saturated rings. The molecule has 1 aromatic rings. The van der Waals surface area contributed by atoms with Gasteiger partial charge in [-0.2, -0.15) is 0 Å². The van der Waals surface area contributed by atoms with Crippen molar-refractivity contribution in [3.63, 3.8) is 0 Å². The van der Waals surface area contributed by atoms with Crippen LogP contribution in [0.25, 0.3) is 0 Å². The van der Waals surface area contributed by atoms with Gasteiger partial charge in [-0.3, -0.25) is 9.59 Å². The van der Waals surface area contributed by atoms with Gasteiger partial charge in [0.05, 0.1) is 5.92 Å². The SMILES string of the molecule is O=C(O)CNC(=O)C(c1ccccc1)C1CCCC1. The molecule has 1 atom stereocenters. The molecule has 0 saturated heterocycles. The lowest BCUT2D eigenvalue weighted by Crippen LogP contribution is -2.36. The van der Waals surface area contributed by atoms with E-state index in [4.69, 9.17) is 5.11 Å². The second-order valence-corrected chi connectivity index (χ2v) is 5.04. The van der Waals surface area contributed by atoms with Gasteiger partial charge in [-0.1, -0.05) is 43.2 Å². The van der Waals surface area contributed by atoms with Crippen molar-refractivity contribution < 1.29 is 14.7 Å². The molecular formula is C15H19NO3. The molecule has 0 radical (unpaired) electrons. The topological polar surface area (TPSA) is 66.4 Å². The zero-order valence-electron chi connectivity index (χ0n) is 10.8. The van der Waals surface area contributed by atoms with E-state index in [1.165, 1.54) is 0 Å². The summed E-state index contributed by atoms with van der Waals surface area (Å²) in [4.78, 5) is 22.8. The Kier molecular flexibility index (Phi) is 4.55. The Balaban J connectivity index is 2.14. The molecule has 4 nitrogen and oxygen atoms in total. The van der Waals surface area contributed by atoms with E-state index in [1.54, 1.807) is 0 Å². The van der Waals surface area contributed by atoms with Crippen molar-refractivity contribution in [3.8, 4) is 0 Å². The van der Waals surface area contributed by atoms with Crippen molar-refractivity contribution in [1.82, 2.24) is 5.32 Å². The molecule has 0 heterocycles. The van der Waals surface area contributed by atoms with Crippen LogP contribution in [0.4, 0.5) is 0 Å². The minimum Gasteiger partial charge on any atom is -0.480 e. The minimum atomic E-state index is -1.01. The highest BCUT2D eigenvalue weighted by Crippen LogP contribution is 2.37. The summed E-state index contributed by atoms with van der Waals surface area (Å²) in [6, 6.07) is 9.65. The second kappa shape index (κ2) is 6.36. The second-order valence-electron chi connectivity index (χ2n) is 5.04.